The van der Waals surface area contributed by atoms with Gasteiger partial charge in [0.05, 0.1) is 11.5 Å². The molecule has 0 heterocycles. The van der Waals surface area contributed by atoms with Crippen LogP contribution in [0.5, 0.6) is 5.75 Å². The lowest BCUT2D eigenvalue weighted by molar-refractivity contribution is -0.389. The Kier molecular flexibility index (Phi) is 4.12. The number of hydrogen-bond donors (Lipinski definition) is 1. The molecule has 0 amide bonds. The smallest absolute Gasteiger partial charge is 0.398 e. The van der Waals surface area contributed by atoms with E-state index in [1.54, 1.807) is 0 Å². The molecule has 0 spiro atoms. The minimum atomic E-state index is -5.02. The Labute approximate surface area is 99.9 Å². The lowest BCUT2D eigenvalue weighted by Gasteiger charge is -2.13. The highest BCUT2D eigenvalue weighted by atomic mass is 19.4. The summed E-state index contributed by atoms with van der Waals surface area (Å²) in [5.41, 5.74) is -0.911. The fourth-order valence-corrected chi connectivity index (χ4v) is 1.35. The third-order valence-corrected chi connectivity index (χ3v) is 2.10. The molecule has 0 unspecified atom stereocenters. The molecule has 0 aliphatic carbocycles. The van der Waals surface area contributed by atoms with E-state index in [-0.39, 0.29) is 11.5 Å². The van der Waals surface area contributed by atoms with Gasteiger partial charge >= 0.3 is 12.0 Å². The maximum atomic E-state index is 12.1. The molecule has 0 saturated heterocycles. The number of para-hydroxylation sites is 1. The zero-order chi connectivity index (χ0) is 13.9. The molecule has 8 heteroatoms. The molecule has 0 aromatic heterocycles. The number of aliphatic hydroxyl groups excluding tert-OH is 1. The number of ether oxygens (including phenoxy) is 1. The molecule has 1 aromatic rings. The van der Waals surface area contributed by atoms with E-state index in [1.165, 1.54) is 19.1 Å². The number of nitro groups is 1. The minimum absolute atomic E-state index is 0.0933. The van der Waals surface area contributed by atoms with Gasteiger partial charge in [0.1, 0.15) is 0 Å². The van der Waals surface area contributed by atoms with E-state index in [0.29, 0.717) is 0 Å². The third-order valence-electron chi connectivity index (χ3n) is 2.10. The molecule has 18 heavy (non-hydrogen) atoms. The van der Waals surface area contributed by atoms with E-state index in [9.17, 15) is 23.3 Å². The summed E-state index contributed by atoms with van der Waals surface area (Å²) in [6.45, 7) is 0.871. The Balaban J connectivity index is 3.30. The van der Waals surface area contributed by atoms with Gasteiger partial charge in [-0.25, -0.2) is 0 Å². The molecule has 1 rings (SSSR count). The highest BCUT2D eigenvalue weighted by molar-refractivity contribution is 5.57. The summed E-state index contributed by atoms with van der Waals surface area (Å²) >= 11 is 0. The molecule has 0 bridgehead atoms. The Bertz CT molecular complexity index is 447. The second-order valence-electron chi connectivity index (χ2n) is 3.40. The summed E-state index contributed by atoms with van der Waals surface area (Å²) < 4.78 is 39.9. The maximum absolute atomic E-state index is 12.1. The van der Waals surface area contributed by atoms with Crippen LogP contribution in [-0.4, -0.2) is 23.0 Å². The van der Waals surface area contributed by atoms with Crippen molar-refractivity contribution in [1.29, 1.82) is 0 Å². The molecule has 99 valence electrons. The molecule has 1 N–H and O–H groups in total. The lowest BCUT2D eigenvalue weighted by Crippen LogP contribution is -2.18. The summed E-state index contributed by atoms with van der Waals surface area (Å²) in [4.78, 5) is 9.84. The van der Waals surface area contributed by atoms with E-state index in [2.05, 4.69) is 4.74 Å². The Morgan fingerprint density at radius 3 is 2.56 bits per heavy atom. The standard InChI is InChI=1S/C10H9F3NO4/c1-6(5-15)7-3-2-4-8(9(7)14(16)17)18-10(11,12)13/h2-4,15H,5H2,1H3. The van der Waals surface area contributed by atoms with Gasteiger partial charge in [0, 0.05) is 11.5 Å². The van der Waals surface area contributed by atoms with Crippen LogP contribution in [-0.2, 0) is 0 Å². The summed E-state index contributed by atoms with van der Waals surface area (Å²) in [5.74, 6) is -0.730. The highest BCUT2D eigenvalue weighted by Gasteiger charge is 2.35. The first-order valence-corrected chi connectivity index (χ1v) is 4.73. The number of benzene rings is 1. The maximum Gasteiger partial charge on any atom is 0.573 e. The van der Waals surface area contributed by atoms with Crippen LogP contribution in [0.3, 0.4) is 0 Å². The number of halogens is 3. The van der Waals surface area contributed by atoms with Crippen molar-refractivity contribution in [2.75, 3.05) is 6.61 Å². The van der Waals surface area contributed by atoms with Gasteiger partial charge in [0.15, 0.2) is 0 Å². The van der Waals surface area contributed by atoms with Crippen LogP contribution in [0.15, 0.2) is 18.2 Å². The first-order valence-electron chi connectivity index (χ1n) is 4.73. The van der Waals surface area contributed by atoms with E-state index >= 15 is 0 Å². The quantitative estimate of drug-likeness (QED) is 0.669. The minimum Gasteiger partial charge on any atom is -0.398 e. The van der Waals surface area contributed by atoms with E-state index < -0.39 is 29.3 Å². The molecule has 0 aliphatic rings. The van der Waals surface area contributed by atoms with E-state index in [4.69, 9.17) is 5.11 Å². The van der Waals surface area contributed by atoms with Gasteiger partial charge in [-0.15, -0.1) is 13.2 Å². The van der Waals surface area contributed by atoms with Gasteiger partial charge in [-0.05, 0) is 6.07 Å². The summed E-state index contributed by atoms with van der Waals surface area (Å²) in [5, 5.41) is 19.7. The summed E-state index contributed by atoms with van der Waals surface area (Å²) in [6, 6.07) is 3.27. The van der Waals surface area contributed by atoms with Crippen molar-refractivity contribution in [3.63, 3.8) is 0 Å². The topological polar surface area (TPSA) is 72.6 Å². The Morgan fingerprint density at radius 2 is 2.11 bits per heavy atom. The fourth-order valence-electron chi connectivity index (χ4n) is 1.35. The van der Waals surface area contributed by atoms with E-state index in [0.717, 1.165) is 6.07 Å². The largest absolute Gasteiger partial charge is 0.573 e. The lowest BCUT2D eigenvalue weighted by atomic mass is 10.00. The van der Waals surface area contributed by atoms with Gasteiger partial charge in [-0.3, -0.25) is 10.1 Å². The monoisotopic (exact) mass is 264 g/mol. The highest BCUT2D eigenvalue weighted by Crippen LogP contribution is 2.37. The number of nitro benzene ring substituents is 1. The van der Waals surface area contributed by atoms with Gasteiger partial charge in [0.25, 0.3) is 0 Å². The van der Waals surface area contributed by atoms with Crippen molar-refractivity contribution in [3.05, 3.63) is 39.8 Å². The van der Waals surface area contributed by atoms with Gasteiger partial charge in [0.2, 0.25) is 5.75 Å². The van der Waals surface area contributed by atoms with Crippen LogP contribution < -0.4 is 4.74 Å². The number of rotatable bonds is 4. The SMILES string of the molecule is C[C](CO)c1cccc(OC(F)(F)F)c1[N+](=O)[O-]. The van der Waals surface area contributed by atoms with E-state index in [1.807, 2.05) is 0 Å². The Morgan fingerprint density at radius 1 is 1.50 bits per heavy atom. The third kappa shape index (κ3) is 3.33. The summed E-state index contributed by atoms with van der Waals surface area (Å²) in [6.07, 6.45) is -5.02. The van der Waals surface area contributed by atoms with Crippen LogP contribution in [0.2, 0.25) is 0 Å². The predicted octanol–water partition coefficient (Wildman–Crippen LogP) is 2.43. The zero-order valence-electron chi connectivity index (χ0n) is 9.19. The fraction of sp³-hybridized carbons (Fsp3) is 0.300. The molecule has 0 saturated carbocycles. The number of alkyl halides is 3. The molecule has 0 atom stereocenters. The van der Waals surface area contributed by atoms with Crippen molar-refractivity contribution in [1.82, 2.24) is 0 Å². The van der Waals surface area contributed by atoms with Crippen molar-refractivity contribution < 1.29 is 27.9 Å². The van der Waals surface area contributed by atoms with Crippen LogP contribution in [0.4, 0.5) is 18.9 Å². The van der Waals surface area contributed by atoms with Gasteiger partial charge in [-0.2, -0.15) is 0 Å². The average molecular weight is 264 g/mol. The van der Waals surface area contributed by atoms with Crippen molar-refractivity contribution in [2.24, 2.45) is 0 Å². The molecular formula is C10H9F3NO4. The van der Waals surface area contributed by atoms with Crippen LogP contribution in [0.1, 0.15) is 12.5 Å². The second-order valence-corrected chi connectivity index (χ2v) is 3.40. The average Bonchev–Trinajstić information content (AvgIpc) is 2.25. The van der Waals surface area contributed by atoms with Crippen LogP contribution in [0, 0.1) is 16.0 Å². The molecule has 1 radical (unpaired) electrons. The Hall–Kier alpha value is -1.83. The molecule has 5 nitrogen and oxygen atoms in total. The first kappa shape index (κ1) is 14.2. The van der Waals surface area contributed by atoms with Crippen LogP contribution >= 0.6 is 0 Å². The molecule has 0 aliphatic heterocycles. The normalized spacial score (nSPS) is 11.7. The zero-order valence-corrected chi connectivity index (χ0v) is 9.19. The first-order chi connectivity index (χ1) is 8.26. The summed E-state index contributed by atoms with van der Waals surface area (Å²) in [7, 11) is 0. The van der Waals surface area contributed by atoms with Crippen molar-refractivity contribution in [3.8, 4) is 5.75 Å². The molecule has 0 fully saturated rings. The predicted molar refractivity (Wildman–Crippen MR) is 54.9 cm³/mol. The number of nitrogens with zero attached hydrogens (tertiary/aromatic N) is 1. The molecular weight excluding hydrogens is 255 g/mol. The van der Waals surface area contributed by atoms with Crippen LogP contribution in [0.25, 0.3) is 0 Å². The second kappa shape index (κ2) is 5.21. The van der Waals surface area contributed by atoms with Gasteiger partial charge in [-0.1, -0.05) is 19.1 Å². The number of aliphatic hydroxyl groups is 1. The van der Waals surface area contributed by atoms with Gasteiger partial charge < -0.3 is 9.84 Å². The number of hydrogen-bond acceptors (Lipinski definition) is 4. The van der Waals surface area contributed by atoms with Crippen molar-refractivity contribution >= 4 is 5.69 Å². The molecule has 1 aromatic carbocycles. The van der Waals surface area contributed by atoms with Crippen molar-refractivity contribution in [2.45, 2.75) is 13.3 Å².